The maximum absolute atomic E-state index is 10.7. The molecule has 0 bridgehead atoms. The zero-order valence-electron chi connectivity index (χ0n) is 9.75. The van der Waals surface area contributed by atoms with Gasteiger partial charge in [-0.05, 0) is 0 Å². The van der Waals surface area contributed by atoms with Gasteiger partial charge in [0, 0.05) is 47.1 Å². The molecule has 17 heteroatoms. The molecule has 0 aliphatic heterocycles. The molecule has 0 spiro atoms. The number of H-pyrrole nitrogens is 2. The van der Waals surface area contributed by atoms with Crippen molar-refractivity contribution < 1.29 is 0 Å². The summed E-state index contributed by atoms with van der Waals surface area (Å²) in [6.07, 6.45) is 0. The van der Waals surface area contributed by atoms with Crippen LogP contribution in [0.3, 0.4) is 0 Å². The van der Waals surface area contributed by atoms with Gasteiger partial charge in [-0.15, -0.1) is 16.3 Å². The first kappa shape index (κ1) is 22.6. The zero-order valence-corrected chi connectivity index (χ0v) is 12.8. The van der Waals surface area contributed by atoms with Crippen molar-refractivity contribution in [2.45, 2.75) is 0 Å². The summed E-state index contributed by atoms with van der Waals surface area (Å²) in [5.74, 6) is 0. The van der Waals surface area contributed by atoms with Crippen LogP contribution in [-0.4, -0.2) is 75.2 Å². The number of nitrogens with one attached hydrogen (secondary N) is 2. The van der Waals surface area contributed by atoms with Gasteiger partial charge in [0.25, 0.3) is 0 Å². The molecule has 0 aliphatic rings. The van der Waals surface area contributed by atoms with Gasteiger partial charge in [0.15, 0.2) is 0 Å². The Hall–Kier alpha value is -0.449. The predicted molar refractivity (Wildman–Crippen MR) is 84.7 cm³/mol. The Morgan fingerprint density at radius 3 is 0.870 bits per heavy atom. The zero-order chi connectivity index (χ0) is 17.2. The molecule has 0 saturated heterocycles. The van der Waals surface area contributed by atoms with Gasteiger partial charge in [0.1, 0.15) is 0 Å². The minimum atomic E-state index is -1.10. The Balaban J connectivity index is 0.000000403. The predicted octanol–water partition coefficient (Wildman–Crippen LogP) is -3.51. The van der Waals surface area contributed by atoms with Crippen molar-refractivity contribution in [2.24, 2.45) is 0 Å². The fourth-order valence-electron chi connectivity index (χ4n) is 0.881. The molecule has 0 radical (unpaired) electrons. The van der Waals surface area contributed by atoms with Gasteiger partial charge < -0.3 is 0 Å². The number of nitrogens with zero attached hydrogens (tertiary/aromatic N) is 4. The third-order valence-electron chi connectivity index (χ3n) is 1.81. The van der Waals surface area contributed by atoms with Gasteiger partial charge in [-0.25, -0.2) is 28.8 Å². The van der Waals surface area contributed by atoms with E-state index < -0.39 is 34.1 Å². The molecule has 0 saturated carbocycles. The fourth-order valence-corrected chi connectivity index (χ4v) is 1.43. The average molecular weight is 535 g/mol. The van der Waals surface area contributed by atoms with E-state index in [4.69, 9.17) is 47.1 Å². The summed E-state index contributed by atoms with van der Waals surface area (Å²) >= 11 is 20.3. The van der Waals surface area contributed by atoms with E-state index in [1.54, 1.807) is 9.97 Å². The molecule has 124 valence electrons. The SMILES string of the molecule is O=c1[nH]c(=O)n(Cl)c(=O)n1Cl.O=c1[nH]c(=O)n(Cl)c(=O)n1Cl.[BaH2]. The quantitative estimate of drug-likeness (QED) is 0.334. The summed E-state index contributed by atoms with van der Waals surface area (Å²) < 4.78 is 0.644. The van der Waals surface area contributed by atoms with Crippen LogP contribution in [-0.2, 0) is 0 Å². The van der Waals surface area contributed by atoms with Crippen LogP contribution in [0.4, 0.5) is 0 Å². The molecule has 0 aliphatic carbocycles. The van der Waals surface area contributed by atoms with Crippen LogP contribution in [0.15, 0.2) is 28.8 Å². The summed E-state index contributed by atoms with van der Waals surface area (Å²) in [6, 6.07) is 0. The van der Waals surface area contributed by atoms with Crippen LogP contribution in [0.1, 0.15) is 0 Å². The molecule has 0 amide bonds. The topological polar surface area (TPSA) is 154 Å². The number of halogens is 4. The van der Waals surface area contributed by atoms with Crippen LogP contribution in [0, 0.1) is 0 Å². The maximum atomic E-state index is 10.7. The van der Waals surface area contributed by atoms with Crippen LogP contribution < -0.4 is 34.1 Å². The van der Waals surface area contributed by atoms with Crippen molar-refractivity contribution in [3.05, 3.63) is 62.9 Å². The van der Waals surface area contributed by atoms with Crippen LogP contribution in [0.25, 0.3) is 0 Å². The molecule has 2 aromatic heterocycles. The van der Waals surface area contributed by atoms with Crippen LogP contribution >= 0.6 is 47.1 Å². The first-order valence-corrected chi connectivity index (χ1v) is 6.04. The van der Waals surface area contributed by atoms with E-state index in [2.05, 4.69) is 0 Å². The van der Waals surface area contributed by atoms with Gasteiger partial charge in [0.05, 0.1) is 0 Å². The molecular weight excluding hydrogens is 531 g/mol. The Labute approximate surface area is 183 Å². The molecule has 0 unspecified atom stereocenters. The second-order valence-corrected chi connectivity index (χ2v) is 4.51. The van der Waals surface area contributed by atoms with Crippen molar-refractivity contribution in [1.29, 1.82) is 0 Å². The summed E-state index contributed by atoms with van der Waals surface area (Å²) in [6.45, 7) is 0. The third kappa shape index (κ3) is 5.27. The van der Waals surface area contributed by atoms with Gasteiger partial charge >= 0.3 is 83.0 Å². The Bertz CT molecular complexity index is 898. The van der Waals surface area contributed by atoms with Crippen molar-refractivity contribution >= 4 is 96.0 Å². The number of hydrogen-bond donors (Lipinski definition) is 2. The molecule has 0 atom stereocenters. The summed E-state index contributed by atoms with van der Waals surface area (Å²) in [4.78, 5) is 66.8. The number of aromatic amines is 2. The first-order chi connectivity index (χ1) is 10.1. The summed E-state index contributed by atoms with van der Waals surface area (Å²) in [5, 5.41) is 0. The third-order valence-corrected chi connectivity index (χ3v) is 3.01. The van der Waals surface area contributed by atoms with E-state index in [1.165, 1.54) is 0 Å². The Morgan fingerprint density at radius 2 is 0.696 bits per heavy atom. The minimum absolute atomic E-state index is 0. The second-order valence-electron chi connectivity index (χ2n) is 3.16. The molecule has 2 heterocycles. The van der Waals surface area contributed by atoms with E-state index in [0.717, 1.165) is 0 Å². The van der Waals surface area contributed by atoms with Crippen LogP contribution in [0.5, 0.6) is 0 Å². The molecule has 12 nitrogen and oxygen atoms in total. The van der Waals surface area contributed by atoms with Crippen LogP contribution in [0.2, 0.25) is 0 Å². The Kier molecular flexibility index (Phi) is 8.97. The molecule has 2 aromatic rings. The standard InChI is InChI=1S/2C3HCl2N3O3.Ba.2H/c2*4-7-1(9)6-2(10)8(5)3(7)11;;;/h2*(H,6,9,10);;;. The second kappa shape index (κ2) is 9.14. The van der Waals surface area contributed by atoms with E-state index in [1.807, 2.05) is 0 Å². The van der Waals surface area contributed by atoms with E-state index in [-0.39, 0.29) is 65.2 Å². The summed E-state index contributed by atoms with van der Waals surface area (Å²) in [7, 11) is 0. The average Bonchev–Trinajstić information content (AvgIpc) is 2.47. The summed E-state index contributed by atoms with van der Waals surface area (Å²) in [5.41, 5.74) is -6.25. The first-order valence-electron chi connectivity index (χ1n) is 4.69. The van der Waals surface area contributed by atoms with Gasteiger partial charge in [-0.1, -0.05) is 0 Å². The Morgan fingerprint density at radius 1 is 0.522 bits per heavy atom. The fraction of sp³-hybridized carbons (Fsp3) is 0. The monoisotopic (exact) mass is 534 g/mol. The number of hydrogen-bond acceptors (Lipinski definition) is 6. The molecule has 2 N–H and O–H groups in total. The van der Waals surface area contributed by atoms with E-state index >= 15 is 0 Å². The van der Waals surface area contributed by atoms with E-state index in [9.17, 15) is 28.8 Å². The van der Waals surface area contributed by atoms with Crippen molar-refractivity contribution in [3.8, 4) is 0 Å². The van der Waals surface area contributed by atoms with Crippen molar-refractivity contribution in [2.75, 3.05) is 0 Å². The van der Waals surface area contributed by atoms with Crippen molar-refractivity contribution in [3.63, 3.8) is 0 Å². The van der Waals surface area contributed by atoms with E-state index in [0.29, 0.717) is 0 Å². The molecular formula is C6H4BaCl4N6O6. The number of aromatic nitrogens is 6. The van der Waals surface area contributed by atoms with Gasteiger partial charge in [-0.2, -0.15) is 0 Å². The number of rotatable bonds is 0. The van der Waals surface area contributed by atoms with Gasteiger partial charge in [0.2, 0.25) is 0 Å². The molecule has 23 heavy (non-hydrogen) atoms. The molecule has 2 rings (SSSR count). The molecule has 0 fully saturated rings. The van der Waals surface area contributed by atoms with Gasteiger partial charge in [-0.3, -0.25) is 9.97 Å². The van der Waals surface area contributed by atoms with Crippen molar-refractivity contribution in [1.82, 2.24) is 26.3 Å². The molecule has 0 aromatic carbocycles. The normalized spacial score (nSPS) is 9.57.